The molecule has 134 valence electrons. The largest absolute Gasteiger partial charge is 0.461 e. The quantitative estimate of drug-likeness (QED) is 0.332. The summed E-state index contributed by atoms with van der Waals surface area (Å²) < 4.78 is 5.28. The van der Waals surface area contributed by atoms with Crippen LogP contribution < -0.4 is 10.6 Å². The van der Waals surface area contributed by atoms with Crippen molar-refractivity contribution in [3.63, 3.8) is 0 Å². The van der Waals surface area contributed by atoms with Crippen LogP contribution in [0.25, 0.3) is 0 Å². The van der Waals surface area contributed by atoms with E-state index in [1.807, 2.05) is 6.92 Å². The van der Waals surface area contributed by atoms with Crippen LogP contribution in [0.4, 0.5) is 10.5 Å². The van der Waals surface area contributed by atoms with E-state index in [4.69, 9.17) is 4.74 Å². The van der Waals surface area contributed by atoms with Crippen molar-refractivity contribution in [1.82, 2.24) is 10.6 Å². The highest BCUT2D eigenvalue weighted by atomic mass is 32.2. The number of nitro groups is 1. The predicted molar refractivity (Wildman–Crippen MR) is 94.2 cm³/mol. The second kappa shape index (κ2) is 8.52. The lowest BCUT2D eigenvalue weighted by Gasteiger charge is -2.28. The Labute approximate surface area is 149 Å². The molecule has 1 aliphatic rings. The normalized spacial score (nSPS) is 16.9. The minimum atomic E-state index is -0.806. The van der Waals surface area contributed by atoms with Gasteiger partial charge in [-0.3, -0.25) is 10.1 Å². The van der Waals surface area contributed by atoms with Crippen molar-refractivity contribution in [2.24, 2.45) is 0 Å². The van der Waals surface area contributed by atoms with E-state index >= 15 is 0 Å². The molecule has 1 aromatic rings. The second-order valence-electron chi connectivity index (χ2n) is 5.26. The fourth-order valence-electron chi connectivity index (χ4n) is 2.45. The minimum Gasteiger partial charge on any atom is -0.461 e. The summed E-state index contributed by atoms with van der Waals surface area (Å²) in [6.45, 7) is 3.86. The SMILES string of the molecule is CCSCCOC(=O)C1=C(C)NC(=O)N[C@H]1c1cccc([N+](=O)[O-])c1. The summed E-state index contributed by atoms with van der Waals surface area (Å²) in [5, 5.41) is 16.1. The highest BCUT2D eigenvalue weighted by Crippen LogP contribution is 2.29. The Bertz CT molecular complexity index is 719. The fourth-order valence-corrected chi connectivity index (χ4v) is 2.94. The second-order valence-corrected chi connectivity index (χ2v) is 6.65. The highest BCUT2D eigenvalue weighted by molar-refractivity contribution is 7.99. The van der Waals surface area contributed by atoms with E-state index in [9.17, 15) is 19.7 Å². The molecule has 2 amide bonds. The van der Waals surface area contributed by atoms with E-state index in [-0.39, 0.29) is 17.9 Å². The first-order valence-electron chi connectivity index (χ1n) is 7.71. The molecule has 0 spiro atoms. The minimum absolute atomic E-state index is 0.116. The van der Waals surface area contributed by atoms with Gasteiger partial charge in [0.15, 0.2) is 0 Å². The number of benzene rings is 1. The molecule has 0 aliphatic carbocycles. The number of urea groups is 1. The number of nitrogens with zero attached hydrogens (tertiary/aromatic N) is 1. The first-order chi connectivity index (χ1) is 11.9. The molecule has 0 unspecified atom stereocenters. The van der Waals surface area contributed by atoms with E-state index < -0.39 is 23.0 Å². The van der Waals surface area contributed by atoms with E-state index in [0.29, 0.717) is 17.0 Å². The van der Waals surface area contributed by atoms with Crippen LogP contribution in [0.1, 0.15) is 25.5 Å². The van der Waals surface area contributed by atoms with Gasteiger partial charge in [-0.2, -0.15) is 11.8 Å². The standard InChI is InChI=1S/C16H19N3O5S/c1-3-25-8-7-24-15(20)13-10(2)17-16(21)18-14(13)11-5-4-6-12(9-11)19(22)23/h4-6,9,14H,3,7-8H2,1-2H3,(H2,17,18,21)/t14-/m0/s1. The Hall–Kier alpha value is -2.55. The number of hydrogen-bond acceptors (Lipinski definition) is 6. The zero-order valence-electron chi connectivity index (χ0n) is 13.9. The number of thioether (sulfide) groups is 1. The Morgan fingerprint density at radius 2 is 2.20 bits per heavy atom. The molecule has 8 nitrogen and oxygen atoms in total. The maximum atomic E-state index is 12.5. The summed E-state index contributed by atoms with van der Waals surface area (Å²) in [6.07, 6.45) is 0. The van der Waals surface area contributed by atoms with Gasteiger partial charge in [-0.25, -0.2) is 9.59 Å². The maximum absolute atomic E-state index is 12.5. The van der Waals surface area contributed by atoms with Gasteiger partial charge in [0.2, 0.25) is 0 Å². The number of rotatable bonds is 7. The summed E-state index contributed by atoms with van der Waals surface area (Å²) >= 11 is 1.65. The Morgan fingerprint density at radius 1 is 1.44 bits per heavy atom. The van der Waals surface area contributed by atoms with Crippen molar-refractivity contribution >= 4 is 29.4 Å². The number of carbonyl (C=O) groups excluding carboxylic acids is 2. The fraction of sp³-hybridized carbons (Fsp3) is 0.375. The zero-order chi connectivity index (χ0) is 18.4. The number of carbonyl (C=O) groups is 2. The highest BCUT2D eigenvalue weighted by Gasteiger charge is 2.32. The summed E-state index contributed by atoms with van der Waals surface area (Å²) in [7, 11) is 0. The number of non-ortho nitro benzene ring substituents is 1. The van der Waals surface area contributed by atoms with E-state index in [2.05, 4.69) is 10.6 Å². The van der Waals surface area contributed by atoms with Crippen molar-refractivity contribution in [1.29, 1.82) is 0 Å². The maximum Gasteiger partial charge on any atom is 0.338 e. The Morgan fingerprint density at radius 3 is 2.88 bits per heavy atom. The lowest BCUT2D eigenvalue weighted by atomic mass is 9.95. The third kappa shape index (κ3) is 4.72. The smallest absolute Gasteiger partial charge is 0.338 e. The van der Waals surface area contributed by atoms with Crippen molar-refractivity contribution in [3.05, 3.63) is 51.2 Å². The number of nitro benzene ring substituents is 1. The molecular formula is C16H19N3O5S. The van der Waals surface area contributed by atoms with Crippen molar-refractivity contribution in [3.8, 4) is 0 Å². The lowest BCUT2D eigenvalue weighted by Crippen LogP contribution is -2.45. The molecule has 25 heavy (non-hydrogen) atoms. The van der Waals surface area contributed by atoms with Crippen LogP contribution in [0, 0.1) is 10.1 Å². The molecule has 0 radical (unpaired) electrons. The topological polar surface area (TPSA) is 111 Å². The van der Waals surface area contributed by atoms with Gasteiger partial charge in [0.05, 0.1) is 16.5 Å². The lowest BCUT2D eigenvalue weighted by molar-refractivity contribution is -0.384. The van der Waals surface area contributed by atoms with Crippen LogP contribution in [-0.4, -0.2) is 35.0 Å². The molecule has 2 N–H and O–H groups in total. The molecule has 0 aromatic heterocycles. The van der Waals surface area contributed by atoms with E-state index in [1.54, 1.807) is 24.8 Å². The molecule has 0 bridgehead atoms. The Kier molecular flexibility index (Phi) is 6.40. The van der Waals surface area contributed by atoms with Gasteiger partial charge in [-0.05, 0) is 18.2 Å². The number of ether oxygens (including phenoxy) is 1. The van der Waals surface area contributed by atoms with Crippen molar-refractivity contribution < 1.29 is 19.2 Å². The molecule has 1 heterocycles. The summed E-state index contributed by atoms with van der Waals surface area (Å²) in [5.41, 5.74) is 0.934. The average Bonchev–Trinajstić information content (AvgIpc) is 2.58. The molecule has 0 saturated heterocycles. The Balaban J connectivity index is 2.29. The molecule has 9 heteroatoms. The summed E-state index contributed by atoms with van der Waals surface area (Å²) in [5.74, 6) is 1.04. The van der Waals surface area contributed by atoms with E-state index in [0.717, 1.165) is 5.75 Å². The number of allylic oxidation sites excluding steroid dienone is 1. The van der Waals surface area contributed by atoms with Crippen molar-refractivity contribution in [2.75, 3.05) is 18.1 Å². The van der Waals surface area contributed by atoms with Crippen LogP contribution in [-0.2, 0) is 9.53 Å². The number of nitrogens with one attached hydrogen (secondary N) is 2. The van der Waals surface area contributed by atoms with Crippen LogP contribution in [0.5, 0.6) is 0 Å². The van der Waals surface area contributed by atoms with Gasteiger partial charge in [0.1, 0.15) is 6.61 Å². The average molecular weight is 365 g/mol. The number of amides is 2. The molecular weight excluding hydrogens is 346 g/mol. The van der Waals surface area contributed by atoms with Crippen LogP contribution in [0.2, 0.25) is 0 Å². The molecule has 0 fully saturated rings. The first kappa shape index (κ1) is 18.8. The van der Waals surface area contributed by atoms with Gasteiger partial charge < -0.3 is 15.4 Å². The first-order valence-corrected chi connectivity index (χ1v) is 8.87. The van der Waals surface area contributed by atoms with Gasteiger partial charge in [-0.15, -0.1) is 0 Å². The molecule has 0 saturated carbocycles. The zero-order valence-corrected chi connectivity index (χ0v) is 14.7. The van der Waals surface area contributed by atoms with E-state index in [1.165, 1.54) is 18.2 Å². The molecule has 1 aliphatic heterocycles. The van der Waals surface area contributed by atoms with Gasteiger partial charge in [0, 0.05) is 23.6 Å². The predicted octanol–water partition coefficient (Wildman–Crippen LogP) is 2.52. The molecule has 1 aromatic carbocycles. The molecule has 2 rings (SSSR count). The van der Waals surface area contributed by atoms with Crippen molar-refractivity contribution in [2.45, 2.75) is 19.9 Å². The van der Waals surface area contributed by atoms with Gasteiger partial charge in [-0.1, -0.05) is 19.1 Å². The van der Waals surface area contributed by atoms with Gasteiger partial charge >= 0.3 is 12.0 Å². The third-order valence-electron chi connectivity index (χ3n) is 3.57. The van der Waals surface area contributed by atoms with Crippen LogP contribution in [0.3, 0.4) is 0 Å². The number of hydrogen-bond donors (Lipinski definition) is 2. The van der Waals surface area contributed by atoms with Crippen LogP contribution in [0.15, 0.2) is 35.5 Å². The summed E-state index contributed by atoms with van der Waals surface area (Å²) in [4.78, 5) is 34.7. The number of esters is 1. The van der Waals surface area contributed by atoms with Crippen LogP contribution >= 0.6 is 11.8 Å². The van der Waals surface area contributed by atoms with Gasteiger partial charge in [0.25, 0.3) is 5.69 Å². The molecule has 1 atom stereocenters. The summed E-state index contributed by atoms with van der Waals surface area (Å²) in [6, 6.07) is 4.54. The third-order valence-corrected chi connectivity index (χ3v) is 4.43. The monoisotopic (exact) mass is 365 g/mol.